The molecule has 0 aromatic heterocycles. The Bertz CT molecular complexity index is 1220. The van der Waals surface area contributed by atoms with Crippen molar-refractivity contribution in [2.45, 2.75) is 36.4 Å². The molecule has 3 rings (SSSR count). The molecule has 1 fully saturated rings. The van der Waals surface area contributed by atoms with Crippen LogP contribution in [0.2, 0.25) is 0 Å². The predicted molar refractivity (Wildman–Crippen MR) is 124 cm³/mol. The van der Waals surface area contributed by atoms with Gasteiger partial charge in [0.1, 0.15) is 18.7 Å². The number of ether oxygens (including phenoxy) is 1. The number of benzene rings is 2. The van der Waals surface area contributed by atoms with E-state index in [-0.39, 0.29) is 30.2 Å². The maximum Gasteiger partial charge on any atom is 0.407 e. The maximum absolute atomic E-state index is 13.0. The normalized spacial score (nSPS) is 16.6. The van der Waals surface area contributed by atoms with E-state index in [9.17, 15) is 38.0 Å². The van der Waals surface area contributed by atoms with Gasteiger partial charge in [-0.2, -0.15) is 4.31 Å². The number of carbonyl (C=O) groups is 3. The molecule has 14 heteroatoms. The molecular formula is C22H24N4O9S. The lowest BCUT2D eigenvalue weighted by Crippen LogP contribution is -2.54. The quantitative estimate of drug-likeness (QED) is 0.306. The highest BCUT2D eigenvalue weighted by atomic mass is 32.2. The topological polar surface area (TPSA) is 185 Å². The van der Waals surface area contributed by atoms with Crippen LogP contribution in [0.3, 0.4) is 0 Å². The zero-order valence-electron chi connectivity index (χ0n) is 18.9. The standard InChI is InChI=1S/C22H24N4O9S/c27-20(24-18(21(28)29)13-23-22(30)35-14-15-5-2-1-3-6-15)19-7-4-12-25(19)36(33,34)17-10-8-16(9-11-17)26(31)32/h1-3,5-6,8-11,18-19H,4,7,12-14H2,(H,23,30)(H,24,27)(H,28,29). The predicted octanol–water partition coefficient (Wildman–Crippen LogP) is 1.24. The summed E-state index contributed by atoms with van der Waals surface area (Å²) in [5.41, 5.74) is 0.440. The molecule has 0 radical (unpaired) electrons. The zero-order chi connectivity index (χ0) is 26.3. The average Bonchev–Trinajstić information content (AvgIpc) is 3.37. The van der Waals surface area contributed by atoms with Crippen LogP contribution in [0, 0.1) is 10.1 Å². The minimum atomic E-state index is -4.18. The molecule has 3 N–H and O–H groups in total. The molecule has 0 saturated carbocycles. The zero-order valence-corrected chi connectivity index (χ0v) is 19.7. The number of rotatable bonds is 10. The van der Waals surface area contributed by atoms with Gasteiger partial charge in [-0.15, -0.1) is 0 Å². The van der Waals surface area contributed by atoms with Crippen molar-refractivity contribution in [1.82, 2.24) is 14.9 Å². The minimum absolute atomic E-state index is 0.0131. The minimum Gasteiger partial charge on any atom is -0.480 e. The van der Waals surface area contributed by atoms with Crippen molar-refractivity contribution in [3.8, 4) is 0 Å². The van der Waals surface area contributed by atoms with Gasteiger partial charge in [0.15, 0.2) is 0 Å². The van der Waals surface area contributed by atoms with Gasteiger partial charge >= 0.3 is 12.1 Å². The number of amides is 2. The van der Waals surface area contributed by atoms with Gasteiger partial charge in [0.05, 0.1) is 16.4 Å². The first-order valence-corrected chi connectivity index (χ1v) is 12.3. The number of nitrogens with one attached hydrogen (secondary N) is 2. The highest BCUT2D eigenvalue weighted by molar-refractivity contribution is 7.89. The largest absolute Gasteiger partial charge is 0.480 e. The molecule has 2 unspecified atom stereocenters. The summed E-state index contributed by atoms with van der Waals surface area (Å²) in [5.74, 6) is -2.28. The summed E-state index contributed by atoms with van der Waals surface area (Å²) in [6, 6.07) is 10.3. The Morgan fingerprint density at radius 2 is 1.81 bits per heavy atom. The summed E-state index contributed by atoms with van der Waals surface area (Å²) in [6.45, 7) is -0.510. The second kappa shape index (κ2) is 11.6. The van der Waals surface area contributed by atoms with E-state index >= 15 is 0 Å². The number of hydrogen-bond donors (Lipinski definition) is 3. The van der Waals surface area contributed by atoms with Crippen LogP contribution in [0.1, 0.15) is 18.4 Å². The molecule has 0 aliphatic carbocycles. The van der Waals surface area contributed by atoms with Crippen LogP contribution < -0.4 is 10.6 Å². The van der Waals surface area contributed by atoms with Crippen molar-refractivity contribution in [2.24, 2.45) is 0 Å². The number of nitro benzene ring substituents is 1. The summed E-state index contributed by atoms with van der Waals surface area (Å²) in [6.07, 6.45) is -0.383. The molecule has 2 aromatic rings. The Hall–Kier alpha value is -4.04. The van der Waals surface area contributed by atoms with Crippen molar-refractivity contribution < 1.29 is 37.6 Å². The van der Waals surface area contributed by atoms with Gasteiger partial charge in [0.2, 0.25) is 15.9 Å². The third kappa shape index (κ3) is 6.55. The molecular weight excluding hydrogens is 496 g/mol. The van der Waals surface area contributed by atoms with Crippen LogP contribution in [0.5, 0.6) is 0 Å². The molecule has 13 nitrogen and oxygen atoms in total. The first-order valence-electron chi connectivity index (χ1n) is 10.8. The highest BCUT2D eigenvalue weighted by Crippen LogP contribution is 2.27. The van der Waals surface area contributed by atoms with Gasteiger partial charge in [0, 0.05) is 18.7 Å². The summed E-state index contributed by atoms with van der Waals surface area (Å²) in [7, 11) is -4.18. The summed E-state index contributed by atoms with van der Waals surface area (Å²) in [4.78, 5) is 46.3. The Kier molecular flexibility index (Phi) is 8.55. The van der Waals surface area contributed by atoms with Gasteiger partial charge in [-0.05, 0) is 30.5 Å². The van der Waals surface area contributed by atoms with Crippen LogP contribution in [0.4, 0.5) is 10.5 Å². The molecule has 2 amide bonds. The average molecular weight is 521 g/mol. The lowest BCUT2D eigenvalue weighted by atomic mass is 10.2. The van der Waals surface area contributed by atoms with E-state index in [0.29, 0.717) is 6.42 Å². The second-order valence-corrected chi connectivity index (χ2v) is 9.76. The summed E-state index contributed by atoms with van der Waals surface area (Å²) in [5, 5.41) is 24.8. The van der Waals surface area contributed by atoms with E-state index < -0.39 is 51.5 Å². The smallest absolute Gasteiger partial charge is 0.407 e. The summed E-state index contributed by atoms with van der Waals surface area (Å²) >= 11 is 0. The van der Waals surface area contributed by atoms with Crippen LogP contribution in [-0.4, -0.2) is 65.9 Å². The van der Waals surface area contributed by atoms with E-state index in [4.69, 9.17) is 4.74 Å². The van der Waals surface area contributed by atoms with Gasteiger partial charge in [-0.25, -0.2) is 18.0 Å². The monoisotopic (exact) mass is 520 g/mol. The third-order valence-electron chi connectivity index (χ3n) is 5.44. The fourth-order valence-electron chi connectivity index (χ4n) is 3.59. The number of carbonyl (C=O) groups excluding carboxylic acids is 2. The van der Waals surface area contributed by atoms with E-state index in [1.54, 1.807) is 30.3 Å². The third-order valence-corrected chi connectivity index (χ3v) is 7.36. The molecule has 1 aliphatic heterocycles. The lowest BCUT2D eigenvalue weighted by molar-refractivity contribution is -0.384. The van der Waals surface area contributed by atoms with Crippen molar-refractivity contribution in [3.05, 3.63) is 70.3 Å². The molecule has 1 aliphatic rings. The summed E-state index contributed by atoms with van der Waals surface area (Å²) < 4.78 is 32.0. The van der Waals surface area contributed by atoms with Crippen LogP contribution in [-0.2, 0) is 31.0 Å². The molecule has 2 atom stereocenters. The van der Waals surface area contributed by atoms with E-state index in [0.717, 1.165) is 34.1 Å². The molecule has 2 aromatic carbocycles. The molecule has 36 heavy (non-hydrogen) atoms. The fourth-order valence-corrected chi connectivity index (χ4v) is 5.25. The number of carboxylic acid groups (broad SMARTS) is 1. The van der Waals surface area contributed by atoms with Crippen molar-refractivity contribution >= 4 is 33.7 Å². The SMILES string of the molecule is O=C(NCC(NC(=O)C1CCCN1S(=O)(=O)c1ccc([N+](=O)[O-])cc1)C(=O)O)OCc1ccccc1. The number of non-ortho nitro benzene ring substituents is 1. The molecule has 192 valence electrons. The number of sulfonamides is 1. The molecule has 0 spiro atoms. The van der Waals surface area contributed by atoms with Crippen LogP contribution >= 0.6 is 0 Å². The van der Waals surface area contributed by atoms with Gasteiger partial charge in [-0.1, -0.05) is 30.3 Å². The van der Waals surface area contributed by atoms with Crippen molar-refractivity contribution in [2.75, 3.05) is 13.1 Å². The number of nitro groups is 1. The van der Waals surface area contributed by atoms with Crippen molar-refractivity contribution in [1.29, 1.82) is 0 Å². The Morgan fingerprint density at radius 1 is 1.14 bits per heavy atom. The number of nitrogens with zero attached hydrogens (tertiary/aromatic N) is 2. The maximum atomic E-state index is 13.0. The van der Waals surface area contributed by atoms with Gasteiger partial charge in [0.25, 0.3) is 5.69 Å². The Balaban J connectivity index is 1.61. The second-order valence-electron chi connectivity index (χ2n) is 7.87. The number of carboxylic acids is 1. The lowest BCUT2D eigenvalue weighted by Gasteiger charge is -2.25. The van der Waals surface area contributed by atoms with Gasteiger partial charge in [-0.3, -0.25) is 14.9 Å². The number of aliphatic carboxylic acids is 1. The molecule has 0 bridgehead atoms. The van der Waals surface area contributed by atoms with E-state index in [1.807, 2.05) is 0 Å². The molecule has 1 saturated heterocycles. The first kappa shape index (κ1) is 26.6. The molecule has 1 heterocycles. The van der Waals surface area contributed by atoms with E-state index in [1.165, 1.54) is 0 Å². The first-order chi connectivity index (χ1) is 17.1. The fraction of sp³-hybridized carbons (Fsp3) is 0.318. The Labute approximate surface area is 206 Å². The van der Waals surface area contributed by atoms with E-state index in [2.05, 4.69) is 10.6 Å². The van der Waals surface area contributed by atoms with Crippen molar-refractivity contribution in [3.63, 3.8) is 0 Å². The highest BCUT2D eigenvalue weighted by Gasteiger charge is 2.40. The van der Waals surface area contributed by atoms with Gasteiger partial charge < -0.3 is 20.5 Å². The van der Waals surface area contributed by atoms with Crippen LogP contribution in [0.15, 0.2) is 59.5 Å². The Morgan fingerprint density at radius 3 is 2.42 bits per heavy atom. The van der Waals surface area contributed by atoms with Crippen LogP contribution in [0.25, 0.3) is 0 Å². The number of alkyl carbamates (subject to hydrolysis) is 1. The number of hydrogen-bond acceptors (Lipinski definition) is 8.